The van der Waals surface area contributed by atoms with Gasteiger partial charge in [-0.15, -0.1) is 0 Å². The molecule has 0 saturated heterocycles. The predicted molar refractivity (Wildman–Crippen MR) is 76.8 cm³/mol. The van der Waals surface area contributed by atoms with E-state index >= 15 is 0 Å². The van der Waals surface area contributed by atoms with Gasteiger partial charge in [0.05, 0.1) is 0 Å². The minimum atomic E-state index is 0.556. The fourth-order valence-corrected chi connectivity index (χ4v) is 3.06. The molecule has 0 radical (unpaired) electrons. The number of fused-ring (bicyclic) bond motifs is 1. The minimum absolute atomic E-state index is 0.556. The molecular formula is C16H22N2O. The molecule has 1 aromatic carbocycles. The monoisotopic (exact) mass is 258 g/mol. The summed E-state index contributed by atoms with van der Waals surface area (Å²) in [5.41, 5.74) is 8.59. The van der Waals surface area contributed by atoms with Crippen LogP contribution in [-0.2, 0) is 13.0 Å². The first-order valence-electron chi connectivity index (χ1n) is 7.43. The summed E-state index contributed by atoms with van der Waals surface area (Å²) in [5.74, 6) is 1.76. The molecular weight excluding hydrogens is 236 g/mol. The van der Waals surface area contributed by atoms with Gasteiger partial charge in [-0.3, -0.25) is 0 Å². The maximum atomic E-state index is 5.81. The normalized spacial score (nSPS) is 17.1. The lowest BCUT2D eigenvalue weighted by molar-refractivity contribution is 0.330. The SMILES string of the molecule is NCc1ccc2oc(CCC3CCCCC3)nc2c1. The van der Waals surface area contributed by atoms with Crippen LogP contribution in [0.15, 0.2) is 22.6 Å². The molecule has 0 atom stereocenters. The molecule has 0 spiro atoms. The molecule has 0 unspecified atom stereocenters. The van der Waals surface area contributed by atoms with Gasteiger partial charge in [0.2, 0.25) is 0 Å². The predicted octanol–water partition coefficient (Wildman–Crippen LogP) is 3.80. The highest BCUT2D eigenvalue weighted by Crippen LogP contribution is 2.28. The Kier molecular flexibility index (Phi) is 3.83. The van der Waals surface area contributed by atoms with Crippen molar-refractivity contribution < 1.29 is 4.42 Å². The summed E-state index contributed by atoms with van der Waals surface area (Å²) in [5, 5.41) is 0. The van der Waals surface area contributed by atoms with E-state index < -0.39 is 0 Å². The molecule has 2 aromatic rings. The van der Waals surface area contributed by atoms with Crippen LogP contribution in [0.3, 0.4) is 0 Å². The second-order valence-electron chi connectivity index (χ2n) is 5.66. The van der Waals surface area contributed by atoms with Crippen LogP contribution in [-0.4, -0.2) is 4.98 Å². The van der Waals surface area contributed by atoms with Crippen molar-refractivity contribution in [1.29, 1.82) is 0 Å². The smallest absolute Gasteiger partial charge is 0.195 e. The summed E-state index contributed by atoms with van der Waals surface area (Å²) in [6.45, 7) is 0.556. The van der Waals surface area contributed by atoms with Crippen molar-refractivity contribution in [3.63, 3.8) is 0 Å². The van der Waals surface area contributed by atoms with Crippen LogP contribution in [0.5, 0.6) is 0 Å². The number of nitrogens with zero attached hydrogens (tertiary/aromatic N) is 1. The van der Waals surface area contributed by atoms with Gasteiger partial charge < -0.3 is 10.2 Å². The van der Waals surface area contributed by atoms with Crippen molar-refractivity contribution in [2.75, 3.05) is 0 Å². The highest BCUT2D eigenvalue weighted by Gasteiger charge is 2.15. The van der Waals surface area contributed by atoms with Crippen LogP contribution in [0, 0.1) is 5.92 Å². The largest absolute Gasteiger partial charge is 0.441 e. The Labute approximate surface area is 114 Å². The number of aromatic nitrogens is 1. The van der Waals surface area contributed by atoms with Crippen molar-refractivity contribution in [3.8, 4) is 0 Å². The molecule has 2 N–H and O–H groups in total. The Hall–Kier alpha value is -1.35. The zero-order valence-electron chi connectivity index (χ0n) is 11.4. The molecule has 19 heavy (non-hydrogen) atoms. The Morgan fingerprint density at radius 2 is 2.05 bits per heavy atom. The third-order valence-corrected chi connectivity index (χ3v) is 4.22. The lowest BCUT2D eigenvalue weighted by atomic mass is 9.86. The van der Waals surface area contributed by atoms with Gasteiger partial charge in [0.25, 0.3) is 0 Å². The van der Waals surface area contributed by atoms with Crippen molar-refractivity contribution in [2.45, 2.75) is 51.5 Å². The number of rotatable bonds is 4. The van der Waals surface area contributed by atoms with Crippen LogP contribution in [0.4, 0.5) is 0 Å². The molecule has 1 saturated carbocycles. The molecule has 1 aliphatic rings. The topological polar surface area (TPSA) is 52.0 Å². The number of nitrogens with two attached hydrogens (primary N) is 1. The van der Waals surface area contributed by atoms with Crippen molar-refractivity contribution in [1.82, 2.24) is 4.98 Å². The molecule has 3 heteroatoms. The number of aryl methyl sites for hydroxylation is 1. The van der Waals surface area contributed by atoms with E-state index in [9.17, 15) is 0 Å². The molecule has 1 heterocycles. The molecule has 3 rings (SSSR count). The molecule has 3 nitrogen and oxygen atoms in total. The summed E-state index contributed by atoms with van der Waals surface area (Å²) < 4.78 is 5.81. The number of hydrogen-bond acceptors (Lipinski definition) is 3. The number of benzene rings is 1. The van der Waals surface area contributed by atoms with Gasteiger partial charge in [-0.05, 0) is 30.0 Å². The van der Waals surface area contributed by atoms with E-state index in [1.54, 1.807) is 0 Å². The van der Waals surface area contributed by atoms with Crippen LogP contribution in [0.25, 0.3) is 11.1 Å². The summed E-state index contributed by atoms with van der Waals surface area (Å²) in [4.78, 5) is 4.58. The van der Waals surface area contributed by atoms with Crippen LogP contribution in [0.1, 0.15) is 50.0 Å². The van der Waals surface area contributed by atoms with Crippen molar-refractivity contribution in [3.05, 3.63) is 29.7 Å². The van der Waals surface area contributed by atoms with Crippen LogP contribution >= 0.6 is 0 Å². The summed E-state index contributed by atoms with van der Waals surface area (Å²) in [6, 6.07) is 6.02. The molecule has 1 aromatic heterocycles. The quantitative estimate of drug-likeness (QED) is 0.907. The van der Waals surface area contributed by atoms with Gasteiger partial charge >= 0.3 is 0 Å². The van der Waals surface area contributed by atoms with Gasteiger partial charge in [0.1, 0.15) is 5.52 Å². The van der Waals surface area contributed by atoms with E-state index in [0.29, 0.717) is 6.54 Å². The average molecular weight is 258 g/mol. The molecule has 0 aliphatic heterocycles. The highest BCUT2D eigenvalue weighted by atomic mass is 16.3. The number of oxazole rings is 1. The Morgan fingerprint density at radius 1 is 1.21 bits per heavy atom. The fraction of sp³-hybridized carbons (Fsp3) is 0.562. The molecule has 102 valence electrons. The maximum absolute atomic E-state index is 5.81. The van der Waals surface area contributed by atoms with Gasteiger partial charge in [-0.1, -0.05) is 38.2 Å². The molecule has 1 aliphatic carbocycles. The first-order valence-corrected chi connectivity index (χ1v) is 7.43. The van der Waals surface area contributed by atoms with E-state index in [1.165, 1.54) is 38.5 Å². The highest BCUT2D eigenvalue weighted by molar-refractivity contribution is 5.73. The molecule has 0 bridgehead atoms. The third-order valence-electron chi connectivity index (χ3n) is 4.22. The second-order valence-corrected chi connectivity index (χ2v) is 5.66. The summed E-state index contributed by atoms with van der Waals surface area (Å²) >= 11 is 0. The van der Waals surface area contributed by atoms with Crippen molar-refractivity contribution in [2.24, 2.45) is 11.7 Å². The van der Waals surface area contributed by atoms with E-state index in [-0.39, 0.29) is 0 Å². The molecule has 1 fully saturated rings. The van der Waals surface area contributed by atoms with Crippen LogP contribution in [0.2, 0.25) is 0 Å². The van der Waals surface area contributed by atoms with E-state index in [0.717, 1.165) is 34.9 Å². The zero-order chi connectivity index (χ0) is 13.1. The van der Waals surface area contributed by atoms with Crippen molar-refractivity contribution >= 4 is 11.1 Å². The van der Waals surface area contributed by atoms with E-state index in [2.05, 4.69) is 4.98 Å². The van der Waals surface area contributed by atoms with Crippen LogP contribution < -0.4 is 5.73 Å². The average Bonchev–Trinajstić information content (AvgIpc) is 2.88. The lowest BCUT2D eigenvalue weighted by Gasteiger charge is -2.20. The summed E-state index contributed by atoms with van der Waals surface area (Å²) in [7, 11) is 0. The first kappa shape index (κ1) is 12.7. The summed E-state index contributed by atoms with van der Waals surface area (Å²) in [6.07, 6.45) is 9.18. The zero-order valence-corrected chi connectivity index (χ0v) is 11.4. The minimum Gasteiger partial charge on any atom is -0.441 e. The van der Waals surface area contributed by atoms with E-state index in [1.807, 2.05) is 18.2 Å². The number of hydrogen-bond donors (Lipinski definition) is 1. The second kappa shape index (κ2) is 5.74. The first-order chi connectivity index (χ1) is 9.35. The van der Waals surface area contributed by atoms with Gasteiger partial charge in [-0.25, -0.2) is 4.98 Å². The van der Waals surface area contributed by atoms with Gasteiger partial charge in [0.15, 0.2) is 11.5 Å². The van der Waals surface area contributed by atoms with Gasteiger partial charge in [-0.2, -0.15) is 0 Å². The third kappa shape index (κ3) is 2.98. The molecule has 0 amide bonds. The van der Waals surface area contributed by atoms with Gasteiger partial charge in [0, 0.05) is 13.0 Å². The Bertz CT molecular complexity index is 541. The standard InChI is InChI=1S/C16H22N2O/c17-11-13-6-8-15-14(10-13)18-16(19-15)9-7-12-4-2-1-3-5-12/h6,8,10,12H,1-5,7,9,11,17H2. The Morgan fingerprint density at radius 3 is 2.84 bits per heavy atom. The lowest BCUT2D eigenvalue weighted by Crippen LogP contribution is -2.07. The Balaban J connectivity index is 1.67. The fourth-order valence-electron chi connectivity index (χ4n) is 3.06. The maximum Gasteiger partial charge on any atom is 0.195 e. The van der Waals surface area contributed by atoms with E-state index in [4.69, 9.17) is 10.2 Å².